The molecule has 0 radical (unpaired) electrons. The summed E-state index contributed by atoms with van der Waals surface area (Å²) in [6.45, 7) is 2.69. The number of nitrogens with one attached hydrogen (secondary N) is 1. The number of carboxylic acid groups (broad SMARTS) is 1. The summed E-state index contributed by atoms with van der Waals surface area (Å²) in [5.74, 6) is -0.956. The van der Waals surface area contributed by atoms with Crippen molar-refractivity contribution in [1.82, 2.24) is 0 Å². The molecular weight excluding hydrogens is 270 g/mol. The number of anilines is 1. The Kier molecular flexibility index (Phi) is 3.89. The molecule has 0 aliphatic carbocycles. The largest absolute Gasteiger partial charge is 0.478 e. The second-order valence-electron chi connectivity index (χ2n) is 3.88. The predicted molar refractivity (Wildman–Crippen MR) is 74.8 cm³/mol. The first kappa shape index (κ1) is 12.9. The Morgan fingerprint density at radius 2 is 2.22 bits per heavy atom. The first-order valence-electron chi connectivity index (χ1n) is 5.37. The topological polar surface area (TPSA) is 49.3 Å². The maximum absolute atomic E-state index is 10.9. The van der Waals surface area contributed by atoms with Crippen LogP contribution in [0.3, 0.4) is 0 Å². The SMILES string of the molecule is Cc1ccsc1CNc1cc(C(=O)O)ccc1Cl. The summed E-state index contributed by atoms with van der Waals surface area (Å²) in [5.41, 5.74) is 2.09. The second kappa shape index (κ2) is 5.42. The van der Waals surface area contributed by atoms with Crippen molar-refractivity contribution in [3.05, 3.63) is 50.7 Å². The van der Waals surface area contributed by atoms with Crippen LogP contribution in [0.4, 0.5) is 5.69 Å². The van der Waals surface area contributed by atoms with Crippen molar-refractivity contribution < 1.29 is 9.90 Å². The minimum Gasteiger partial charge on any atom is -0.478 e. The summed E-state index contributed by atoms with van der Waals surface area (Å²) in [5, 5.41) is 14.6. The number of carbonyl (C=O) groups is 1. The molecule has 5 heteroatoms. The molecule has 3 nitrogen and oxygen atoms in total. The Morgan fingerprint density at radius 3 is 2.83 bits per heavy atom. The first-order chi connectivity index (χ1) is 8.58. The number of hydrogen-bond acceptors (Lipinski definition) is 3. The minimum absolute atomic E-state index is 0.227. The van der Waals surface area contributed by atoms with Crippen LogP contribution in [0.2, 0.25) is 5.02 Å². The van der Waals surface area contributed by atoms with E-state index < -0.39 is 5.97 Å². The molecule has 1 heterocycles. The van der Waals surface area contributed by atoms with E-state index in [0.717, 1.165) is 0 Å². The number of aromatic carboxylic acids is 1. The standard InChI is InChI=1S/C13H12ClNO2S/c1-8-4-5-18-12(8)7-15-11-6-9(13(16)17)2-3-10(11)14/h2-6,15H,7H2,1H3,(H,16,17). The Hall–Kier alpha value is -1.52. The van der Waals surface area contributed by atoms with Gasteiger partial charge < -0.3 is 10.4 Å². The van der Waals surface area contributed by atoms with E-state index in [0.29, 0.717) is 17.3 Å². The summed E-state index contributed by atoms with van der Waals surface area (Å²) in [7, 11) is 0. The van der Waals surface area contributed by atoms with Gasteiger partial charge in [-0.1, -0.05) is 11.6 Å². The third-order valence-corrected chi connectivity index (χ3v) is 3.97. The third-order valence-electron chi connectivity index (χ3n) is 2.62. The van der Waals surface area contributed by atoms with Crippen molar-refractivity contribution in [3.63, 3.8) is 0 Å². The summed E-state index contributed by atoms with van der Waals surface area (Å²) >= 11 is 7.69. The van der Waals surface area contributed by atoms with Crippen molar-refractivity contribution in [1.29, 1.82) is 0 Å². The van der Waals surface area contributed by atoms with Gasteiger partial charge in [0, 0.05) is 11.4 Å². The highest BCUT2D eigenvalue weighted by Crippen LogP contribution is 2.25. The van der Waals surface area contributed by atoms with Gasteiger partial charge in [-0.3, -0.25) is 0 Å². The smallest absolute Gasteiger partial charge is 0.335 e. The van der Waals surface area contributed by atoms with Crippen LogP contribution < -0.4 is 5.32 Å². The van der Waals surface area contributed by atoms with Crippen molar-refractivity contribution in [2.45, 2.75) is 13.5 Å². The van der Waals surface area contributed by atoms with Gasteiger partial charge in [0.15, 0.2) is 0 Å². The normalized spacial score (nSPS) is 10.3. The molecule has 0 atom stereocenters. The van der Waals surface area contributed by atoms with Crippen molar-refractivity contribution in [2.24, 2.45) is 0 Å². The van der Waals surface area contributed by atoms with E-state index in [9.17, 15) is 4.79 Å². The Labute approximate surface area is 114 Å². The molecule has 0 amide bonds. The lowest BCUT2D eigenvalue weighted by Gasteiger charge is -2.09. The Bertz CT molecular complexity index is 580. The quantitative estimate of drug-likeness (QED) is 0.890. The zero-order valence-corrected chi connectivity index (χ0v) is 11.3. The van der Waals surface area contributed by atoms with Crippen molar-refractivity contribution >= 4 is 34.6 Å². The maximum Gasteiger partial charge on any atom is 0.335 e. The van der Waals surface area contributed by atoms with E-state index in [1.165, 1.54) is 16.5 Å². The van der Waals surface area contributed by atoms with E-state index in [-0.39, 0.29) is 5.56 Å². The number of thiophene rings is 1. The number of rotatable bonds is 4. The molecule has 18 heavy (non-hydrogen) atoms. The molecule has 1 aromatic heterocycles. The average molecular weight is 282 g/mol. The molecule has 0 saturated heterocycles. The van der Waals surface area contributed by atoms with Crippen LogP contribution >= 0.6 is 22.9 Å². The van der Waals surface area contributed by atoms with Crippen LogP contribution in [0.5, 0.6) is 0 Å². The average Bonchev–Trinajstić information content (AvgIpc) is 2.73. The number of hydrogen-bond donors (Lipinski definition) is 2. The summed E-state index contributed by atoms with van der Waals surface area (Å²) in [4.78, 5) is 12.1. The number of benzene rings is 1. The van der Waals surface area contributed by atoms with Gasteiger partial charge in [-0.05, 0) is 42.1 Å². The highest BCUT2D eigenvalue weighted by molar-refractivity contribution is 7.10. The molecular formula is C13H12ClNO2S. The van der Waals surface area contributed by atoms with Crippen LogP contribution in [0.25, 0.3) is 0 Å². The summed E-state index contributed by atoms with van der Waals surface area (Å²) < 4.78 is 0. The van der Waals surface area contributed by atoms with E-state index in [4.69, 9.17) is 16.7 Å². The Morgan fingerprint density at radius 1 is 1.44 bits per heavy atom. The van der Waals surface area contributed by atoms with Gasteiger partial charge in [0.1, 0.15) is 0 Å². The minimum atomic E-state index is -0.956. The molecule has 94 valence electrons. The fourth-order valence-corrected chi connectivity index (χ4v) is 2.58. The van der Waals surface area contributed by atoms with Crippen molar-refractivity contribution in [2.75, 3.05) is 5.32 Å². The van der Waals surface area contributed by atoms with Crippen LogP contribution in [0.1, 0.15) is 20.8 Å². The van der Waals surface area contributed by atoms with Crippen LogP contribution in [0.15, 0.2) is 29.6 Å². The first-order valence-corrected chi connectivity index (χ1v) is 6.63. The van der Waals surface area contributed by atoms with Crippen molar-refractivity contribution in [3.8, 4) is 0 Å². The van der Waals surface area contributed by atoms with E-state index in [2.05, 4.69) is 11.4 Å². The predicted octanol–water partition coefficient (Wildman–Crippen LogP) is 4.02. The lowest BCUT2D eigenvalue weighted by Crippen LogP contribution is -2.02. The number of aryl methyl sites for hydroxylation is 1. The zero-order valence-electron chi connectivity index (χ0n) is 9.74. The molecule has 2 N–H and O–H groups in total. The van der Waals surface area contributed by atoms with E-state index in [1.54, 1.807) is 23.5 Å². The summed E-state index contributed by atoms with van der Waals surface area (Å²) in [6, 6.07) is 6.69. The molecule has 2 rings (SSSR count). The number of carboxylic acids is 1. The molecule has 0 spiro atoms. The van der Waals surface area contributed by atoms with Gasteiger partial charge in [0.2, 0.25) is 0 Å². The highest BCUT2D eigenvalue weighted by atomic mass is 35.5. The van der Waals surface area contributed by atoms with Gasteiger partial charge in [0.05, 0.1) is 16.3 Å². The zero-order chi connectivity index (χ0) is 13.1. The van der Waals surface area contributed by atoms with E-state index >= 15 is 0 Å². The molecule has 0 unspecified atom stereocenters. The van der Waals surface area contributed by atoms with E-state index in [1.807, 2.05) is 12.3 Å². The fraction of sp³-hybridized carbons (Fsp3) is 0.154. The molecule has 2 aromatic rings. The Balaban J connectivity index is 2.16. The third kappa shape index (κ3) is 2.83. The van der Waals surface area contributed by atoms with Gasteiger partial charge in [-0.25, -0.2) is 4.79 Å². The lowest BCUT2D eigenvalue weighted by molar-refractivity contribution is 0.0697. The molecule has 0 saturated carbocycles. The maximum atomic E-state index is 10.9. The number of halogens is 1. The van der Waals surface area contributed by atoms with Crippen LogP contribution in [-0.2, 0) is 6.54 Å². The van der Waals surface area contributed by atoms with Gasteiger partial charge in [-0.2, -0.15) is 0 Å². The molecule has 0 fully saturated rings. The van der Waals surface area contributed by atoms with Crippen LogP contribution in [0, 0.1) is 6.92 Å². The second-order valence-corrected chi connectivity index (χ2v) is 5.29. The van der Waals surface area contributed by atoms with Gasteiger partial charge in [-0.15, -0.1) is 11.3 Å². The summed E-state index contributed by atoms with van der Waals surface area (Å²) in [6.07, 6.45) is 0. The van der Waals surface area contributed by atoms with Crippen LogP contribution in [-0.4, -0.2) is 11.1 Å². The fourth-order valence-electron chi connectivity index (χ4n) is 1.55. The van der Waals surface area contributed by atoms with Gasteiger partial charge >= 0.3 is 5.97 Å². The molecule has 0 aliphatic heterocycles. The highest BCUT2D eigenvalue weighted by Gasteiger charge is 2.07. The molecule has 0 bridgehead atoms. The molecule has 0 aliphatic rings. The van der Waals surface area contributed by atoms with Gasteiger partial charge in [0.25, 0.3) is 0 Å². The lowest BCUT2D eigenvalue weighted by atomic mass is 10.2. The monoisotopic (exact) mass is 281 g/mol. The molecule has 1 aromatic carbocycles.